The van der Waals surface area contributed by atoms with Gasteiger partial charge < -0.3 is 14.7 Å². The van der Waals surface area contributed by atoms with Gasteiger partial charge in [0.1, 0.15) is 12.1 Å². The Morgan fingerprint density at radius 2 is 2.35 bits per heavy atom. The minimum absolute atomic E-state index is 0.124. The molecule has 1 N–H and O–H groups in total. The Morgan fingerprint density at radius 1 is 1.65 bits per heavy atom. The van der Waals surface area contributed by atoms with Gasteiger partial charge in [-0.05, 0) is 18.8 Å². The molecule has 94 valence electrons. The maximum Gasteiger partial charge on any atom is 0.326 e. The third-order valence-electron chi connectivity index (χ3n) is 3.25. The Balaban J connectivity index is 2.10. The number of carboxylic acids is 1. The first-order chi connectivity index (χ1) is 8.15. The monoisotopic (exact) mass is 239 g/mol. The summed E-state index contributed by atoms with van der Waals surface area (Å²) in [6, 6.07) is -0.668. The van der Waals surface area contributed by atoms with Crippen LogP contribution in [0.15, 0.2) is 12.7 Å². The Kier molecular flexibility index (Phi) is 3.47. The number of ether oxygens (including phenoxy) is 1. The average molecular weight is 239 g/mol. The summed E-state index contributed by atoms with van der Waals surface area (Å²) < 4.78 is 5.34. The molecule has 0 spiro atoms. The zero-order valence-corrected chi connectivity index (χ0v) is 9.67. The van der Waals surface area contributed by atoms with E-state index in [1.54, 1.807) is 6.08 Å². The number of hydrogen-bond donors (Lipinski definition) is 1. The molecule has 1 amide bonds. The van der Waals surface area contributed by atoms with Gasteiger partial charge in [0.25, 0.3) is 5.91 Å². The van der Waals surface area contributed by atoms with Crippen molar-refractivity contribution in [1.29, 1.82) is 0 Å². The van der Waals surface area contributed by atoms with E-state index in [0.717, 1.165) is 12.8 Å². The maximum atomic E-state index is 12.1. The van der Waals surface area contributed by atoms with Crippen LogP contribution in [0.3, 0.4) is 0 Å². The van der Waals surface area contributed by atoms with Gasteiger partial charge in [-0.3, -0.25) is 4.79 Å². The van der Waals surface area contributed by atoms with Gasteiger partial charge in [0.05, 0.1) is 6.61 Å². The predicted octanol–water partition coefficient (Wildman–Crippen LogP) is 0.653. The summed E-state index contributed by atoms with van der Waals surface area (Å²) in [6.07, 6.45) is 3.30. The van der Waals surface area contributed by atoms with Gasteiger partial charge in [0.15, 0.2) is 0 Å². The third-order valence-corrected chi connectivity index (χ3v) is 3.25. The highest BCUT2D eigenvalue weighted by atomic mass is 16.5. The smallest absolute Gasteiger partial charge is 0.326 e. The molecule has 2 fully saturated rings. The van der Waals surface area contributed by atoms with Crippen molar-refractivity contribution in [3.8, 4) is 0 Å². The molecule has 1 heterocycles. The number of carboxylic acid groups (broad SMARTS) is 1. The fourth-order valence-corrected chi connectivity index (χ4v) is 2.26. The molecule has 0 aromatic carbocycles. The van der Waals surface area contributed by atoms with Gasteiger partial charge in [0, 0.05) is 13.0 Å². The van der Waals surface area contributed by atoms with Crippen molar-refractivity contribution in [3.63, 3.8) is 0 Å². The summed E-state index contributed by atoms with van der Waals surface area (Å²) in [4.78, 5) is 24.8. The second-order valence-corrected chi connectivity index (χ2v) is 4.54. The van der Waals surface area contributed by atoms with Crippen molar-refractivity contribution in [2.75, 3.05) is 13.2 Å². The lowest BCUT2D eigenvalue weighted by Crippen LogP contribution is -2.55. The largest absolute Gasteiger partial charge is 0.480 e. The first kappa shape index (κ1) is 12.1. The van der Waals surface area contributed by atoms with Crippen LogP contribution in [0.25, 0.3) is 0 Å². The molecule has 1 saturated heterocycles. The first-order valence-electron chi connectivity index (χ1n) is 5.91. The molecule has 0 bridgehead atoms. The summed E-state index contributed by atoms with van der Waals surface area (Å²) in [5.74, 6) is -0.991. The molecular weight excluding hydrogens is 222 g/mol. The number of hydrogen-bond acceptors (Lipinski definition) is 3. The van der Waals surface area contributed by atoms with Gasteiger partial charge >= 0.3 is 5.97 Å². The highest BCUT2D eigenvalue weighted by molar-refractivity contribution is 5.87. The van der Waals surface area contributed by atoms with Gasteiger partial charge in [-0.15, -0.1) is 6.58 Å². The molecule has 2 rings (SSSR count). The van der Waals surface area contributed by atoms with Gasteiger partial charge in [-0.25, -0.2) is 4.79 Å². The van der Waals surface area contributed by atoms with E-state index >= 15 is 0 Å². The summed E-state index contributed by atoms with van der Waals surface area (Å²) >= 11 is 0. The van der Waals surface area contributed by atoms with Crippen LogP contribution in [0, 0.1) is 5.92 Å². The van der Waals surface area contributed by atoms with Crippen molar-refractivity contribution < 1.29 is 19.4 Å². The molecule has 2 atom stereocenters. The molecule has 0 aromatic rings. The Bertz CT molecular complexity index is 337. The SMILES string of the molecule is C=CCC1OCCN(C(C(=O)O)C2CC2)C1=O. The number of morpholine rings is 1. The summed E-state index contributed by atoms with van der Waals surface area (Å²) in [7, 11) is 0. The van der Waals surface area contributed by atoms with E-state index in [4.69, 9.17) is 4.74 Å². The summed E-state index contributed by atoms with van der Waals surface area (Å²) in [5, 5.41) is 9.21. The topological polar surface area (TPSA) is 66.8 Å². The van der Waals surface area contributed by atoms with Gasteiger partial charge in [0.2, 0.25) is 0 Å². The van der Waals surface area contributed by atoms with E-state index in [0.29, 0.717) is 19.6 Å². The Labute approximate surface area is 100 Å². The van der Waals surface area contributed by atoms with E-state index in [1.807, 2.05) is 0 Å². The number of aliphatic carboxylic acids is 1. The van der Waals surface area contributed by atoms with Crippen LogP contribution in [0.1, 0.15) is 19.3 Å². The molecule has 5 nitrogen and oxygen atoms in total. The fourth-order valence-electron chi connectivity index (χ4n) is 2.26. The molecule has 0 aromatic heterocycles. The molecular formula is C12H17NO4. The molecule has 1 saturated carbocycles. The van der Waals surface area contributed by atoms with E-state index in [1.165, 1.54) is 4.90 Å². The van der Waals surface area contributed by atoms with Crippen LogP contribution in [-0.4, -0.2) is 47.2 Å². The quantitative estimate of drug-likeness (QED) is 0.715. The van der Waals surface area contributed by atoms with E-state index in [-0.39, 0.29) is 11.8 Å². The third kappa shape index (κ3) is 2.49. The Hall–Kier alpha value is -1.36. The first-order valence-corrected chi connectivity index (χ1v) is 5.91. The van der Waals surface area contributed by atoms with Crippen LogP contribution >= 0.6 is 0 Å². The van der Waals surface area contributed by atoms with Crippen LogP contribution in [-0.2, 0) is 14.3 Å². The van der Waals surface area contributed by atoms with Crippen molar-refractivity contribution in [2.45, 2.75) is 31.4 Å². The molecule has 1 aliphatic heterocycles. The van der Waals surface area contributed by atoms with Crippen molar-refractivity contribution in [3.05, 3.63) is 12.7 Å². The molecule has 17 heavy (non-hydrogen) atoms. The van der Waals surface area contributed by atoms with Crippen LogP contribution in [0.4, 0.5) is 0 Å². The van der Waals surface area contributed by atoms with Crippen LogP contribution < -0.4 is 0 Å². The maximum absolute atomic E-state index is 12.1. The van der Waals surface area contributed by atoms with Crippen molar-refractivity contribution in [2.24, 2.45) is 5.92 Å². The van der Waals surface area contributed by atoms with Crippen molar-refractivity contribution >= 4 is 11.9 Å². The molecule has 2 unspecified atom stereocenters. The predicted molar refractivity (Wildman–Crippen MR) is 60.4 cm³/mol. The minimum atomic E-state index is -0.903. The number of amides is 1. The van der Waals surface area contributed by atoms with E-state index in [9.17, 15) is 14.7 Å². The lowest BCUT2D eigenvalue weighted by molar-refractivity contribution is -0.164. The zero-order chi connectivity index (χ0) is 12.4. The number of carbonyl (C=O) groups excluding carboxylic acids is 1. The van der Waals surface area contributed by atoms with Crippen LogP contribution in [0.2, 0.25) is 0 Å². The number of rotatable bonds is 5. The highest BCUT2D eigenvalue weighted by Gasteiger charge is 2.44. The molecule has 0 radical (unpaired) electrons. The van der Waals surface area contributed by atoms with E-state index < -0.39 is 18.1 Å². The molecule has 5 heteroatoms. The Morgan fingerprint density at radius 3 is 2.88 bits per heavy atom. The van der Waals surface area contributed by atoms with Gasteiger partial charge in [-0.2, -0.15) is 0 Å². The van der Waals surface area contributed by atoms with Crippen molar-refractivity contribution in [1.82, 2.24) is 4.90 Å². The second-order valence-electron chi connectivity index (χ2n) is 4.54. The number of nitrogens with zero attached hydrogens (tertiary/aromatic N) is 1. The highest BCUT2D eigenvalue weighted by Crippen LogP contribution is 2.36. The average Bonchev–Trinajstić information content (AvgIpc) is 3.08. The van der Waals surface area contributed by atoms with Gasteiger partial charge in [-0.1, -0.05) is 6.08 Å². The number of carbonyl (C=O) groups is 2. The lowest BCUT2D eigenvalue weighted by Gasteiger charge is -2.36. The lowest BCUT2D eigenvalue weighted by atomic mass is 10.1. The van der Waals surface area contributed by atoms with E-state index in [2.05, 4.69) is 6.58 Å². The normalized spacial score (nSPS) is 26.7. The molecule has 1 aliphatic carbocycles. The standard InChI is InChI=1S/C12H17NO4/c1-2-3-9-11(14)13(6-7-17-9)10(12(15)16)8-4-5-8/h2,8-10H,1,3-7H2,(H,15,16). The van der Waals surface area contributed by atoms with Crippen LogP contribution in [0.5, 0.6) is 0 Å². The summed E-state index contributed by atoms with van der Waals surface area (Å²) in [5.41, 5.74) is 0. The second kappa shape index (κ2) is 4.87. The zero-order valence-electron chi connectivity index (χ0n) is 9.67. The fraction of sp³-hybridized carbons (Fsp3) is 0.667. The summed E-state index contributed by atoms with van der Waals surface area (Å²) in [6.45, 7) is 4.35. The minimum Gasteiger partial charge on any atom is -0.480 e. The molecule has 2 aliphatic rings.